The Kier molecular flexibility index (Phi) is 4.58. The summed E-state index contributed by atoms with van der Waals surface area (Å²) >= 11 is 1.64. The van der Waals surface area contributed by atoms with Gasteiger partial charge in [-0.05, 0) is 37.1 Å². The summed E-state index contributed by atoms with van der Waals surface area (Å²) in [6.07, 6.45) is 3.06. The molecular formula is C14H19NO3S. The van der Waals surface area contributed by atoms with Gasteiger partial charge in [-0.25, -0.2) is 4.79 Å². The number of carbonyl (C=O) groups is 2. The van der Waals surface area contributed by atoms with Crippen molar-refractivity contribution in [3.63, 3.8) is 0 Å². The first-order chi connectivity index (χ1) is 9.09. The Bertz CT molecular complexity index is 444. The molecule has 1 fully saturated rings. The van der Waals surface area contributed by atoms with E-state index >= 15 is 0 Å². The third-order valence-electron chi connectivity index (χ3n) is 3.58. The van der Waals surface area contributed by atoms with Crippen molar-refractivity contribution in [1.82, 2.24) is 4.90 Å². The van der Waals surface area contributed by atoms with E-state index in [2.05, 4.69) is 0 Å². The van der Waals surface area contributed by atoms with E-state index in [1.54, 1.807) is 16.2 Å². The van der Waals surface area contributed by atoms with Crippen LogP contribution in [-0.4, -0.2) is 34.5 Å². The molecule has 1 N–H and O–H groups in total. The van der Waals surface area contributed by atoms with Crippen LogP contribution < -0.4 is 0 Å². The SMILES string of the molecule is C[C@@H](Cc1cccs1)C(=O)N1CCCC[C@@H]1C(=O)O. The molecule has 2 atom stereocenters. The molecule has 0 bridgehead atoms. The molecule has 0 aliphatic carbocycles. The maximum absolute atomic E-state index is 12.4. The minimum absolute atomic E-state index is 0.0273. The molecule has 1 aliphatic heterocycles. The third-order valence-corrected chi connectivity index (χ3v) is 4.48. The molecule has 0 radical (unpaired) electrons. The first-order valence-electron chi connectivity index (χ1n) is 6.65. The van der Waals surface area contributed by atoms with Gasteiger partial charge in [-0.3, -0.25) is 4.79 Å². The number of likely N-dealkylation sites (tertiary alicyclic amines) is 1. The van der Waals surface area contributed by atoms with Gasteiger partial charge in [-0.2, -0.15) is 0 Å². The van der Waals surface area contributed by atoms with Crippen molar-refractivity contribution in [2.45, 2.75) is 38.6 Å². The molecule has 19 heavy (non-hydrogen) atoms. The lowest BCUT2D eigenvalue weighted by atomic mass is 9.98. The van der Waals surface area contributed by atoms with Crippen LogP contribution in [0.3, 0.4) is 0 Å². The lowest BCUT2D eigenvalue weighted by Crippen LogP contribution is -2.50. The average molecular weight is 281 g/mol. The van der Waals surface area contributed by atoms with E-state index in [4.69, 9.17) is 0 Å². The van der Waals surface area contributed by atoms with Crippen molar-refractivity contribution >= 4 is 23.2 Å². The summed E-state index contributed by atoms with van der Waals surface area (Å²) in [6.45, 7) is 2.46. The van der Waals surface area contributed by atoms with E-state index in [1.165, 1.54) is 4.88 Å². The Morgan fingerprint density at radius 2 is 2.32 bits per heavy atom. The van der Waals surface area contributed by atoms with Crippen molar-refractivity contribution in [2.24, 2.45) is 5.92 Å². The van der Waals surface area contributed by atoms with Crippen LogP contribution in [0.4, 0.5) is 0 Å². The number of carboxylic acid groups (broad SMARTS) is 1. The Hall–Kier alpha value is -1.36. The standard InChI is InChI=1S/C14H19NO3S/c1-10(9-11-5-4-8-19-11)13(16)15-7-3-2-6-12(15)14(17)18/h4-5,8,10,12H,2-3,6-7,9H2,1H3,(H,17,18)/t10-,12+/m0/s1. The Morgan fingerprint density at radius 1 is 1.53 bits per heavy atom. The van der Waals surface area contributed by atoms with Gasteiger partial charge in [-0.1, -0.05) is 13.0 Å². The molecule has 0 unspecified atom stereocenters. The highest BCUT2D eigenvalue weighted by Gasteiger charge is 2.33. The Labute approximate surface area is 117 Å². The largest absolute Gasteiger partial charge is 0.480 e. The predicted molar refractivity (Wildman–Crippen MR) is 74.2 cm³/mol. The molecule has 1 aromatic rings. The second-order valence-electron chi connectivity index (χ2n) is 5.07. The minimum atomic E-state index is -0.878. The van der Waals surface area contributed by atoms with E-state index in [1.807, 2.05) is 24.4 Å². The normalized spacial score (nSPS) is 21.1. The van der Waals surface area contributed by atoms with Crippen LogP contribution in [0.5, 0.6) is 0 Å². The zero-order valence-electron chi connectivity index (χ0n) is 11.0. The summed E-state index contributed by atoms with van der Waals surface area (Å²) in [5, 5.41) is 11.2. The fourth-order valence-corrected chi connectivity index (χ4v) is 3.39. The number of carbonyl (C=O) groups excluding carboxylic acids is 1. The van der Waals surface area contributed by atoms with Crippen molar-refractivity contribution in [1.29, 1.82) is 0 Å². The molecule has 1 aliphatic rings. The van der Waals surface area contributed by atoms with Gasteiger partial charge in [0, 0.05) is 17.3 Å². The number of aliphatic carboxylic acids is 1. The van der Waals surface area contributed by atoms with E-state index < -0.39 is 12.0 Å². The van der Waals surface area contributed by atoms with Crippen LogP contribution in [0.1, 0.15) is 31.1 Å². The molecule has 4 nitrogen and oxygen atoms in total. The monoisotopic (exact) mass is 281 g/mol. The molecule has 104 valence electrons. The molecule has 0 spiro atoms. The van der Waals surface area contributed by atoms with Gasteiger partial charge >= 0.3 is 5.97 Å². The molecule has 5 heteroatoms. The van der Waals surface area contributed by atoms with Gasteiger partial charge in [0.1, 0.15) is 6.04 Å². The summed E-state index contributed by atoms with van der Waals surface area (Å²) in [6, 6.07) is 3.35. The highest BCUT2D eigenvalue weighted by molar-refractivity contribution is 7.09. The number of piperidine rings is 1. The second kappa shape index (κ2) is 6.19. The van der Waals surface area contributed by atoms with Gasteiger partial charge in [0.25, 0.3) is 0 Å². The predicted octanol–water partition coefficient (Wildman–Crippen LogP) is 2.39. The fraction of sp³-hybridized carbons (Fsp3) is 0.571. The highest BCUT2D eigenvalue weighted by atomic mass is 32.1. The second-order valence-corrected chi connectivity index (χ2v) is 6.10. The van der Waals surface area contributed by atoms with Gasteiger partial charge in [0.15, 0.2) is 0 Å². The topological polar surface area (TPSA) is 57.6 Å². The molecule has 2 heterocycles. The molecule has 1 amide bonds. The number of nitrogens with zero attached hydrogens (tertiary/aromatic N) is 1. The number of thiophene rings is 1. The van der Waals surface area contributed by atoms with Crippen LogP contribution in [-0.2, 0) is 16.0 Å². The molecule has 1 aromatic heterocycles. The van der Waals surface area contributed by atoms with E-state index in [0.29, 0.717) is 19.4 Å². The van der Waals surface area contributed by atoms with Crippen LogP contribution in [0, 0.1) is 5.92 Å². The number of amides is 1. The fourth-order valence-electron chi connectivity index (χ4n) is 2.55. The van der Waals surface area contributed by atoms with Crippen LogP contribution in [0.2, 0.25) is 0 Å². The van der Waals surface area contributed by atoms with Crippen LogP contribution in [0.25, 0.3) is 0 Å². The number of carboxylic acids is 1. The lowest BCUT2D eigenvalue weighted by molar-refractivity contribution is -0.153. The van der Waals surface area contributed by atoms with Crippen LogP contribution in [0.15, 0.2) is 17.5 Å². The number of hydrogen-bond acceptors (Lipinski definition) is 3. The van der Waals surface area contributed by atoms with Gasteiger partial charge in [-0.15, -0.1) is 11.3 Å². The number of hydrogen-bond donors (Lipinski definition) is 1. The zero-order chi connectivity index (χ0) is 13.8. The van der Waals surface area contributed by atoms with E-state index in [9.17, 15) is 14.7 Å². The van der Waals surface area contributed by atoms with E-state index in [-0.39, 0.29) is 11.8 Å². The van der Waals surface area contributed by atoms with Crippen LogP contribution >= 0.6 is 11.3 Å². The van der Waals surface area contributed by atoms with Gasteiger partial charge < -0.3 is 10.0 Å². The number of rotatable bonds is 4. The molecule has 1 saturated heterocycles. The third kappa shape index (κ3) is 3.35. The maximum Gasteiger partial charge on any atom is 0.326 e. The minimum Gasteiger partial charge on any atom is -0.480 e. The molecule has 2 rings (SSSR count). The van der Waals surface area contributed by atoms with Crippen molar-refractivity contribution in [3.05, 3.63) is 22.4 Å². The molecular weight excluding hydrogens is 262 g/mol. The van der Waals surface area contributed by atoms with Crippen molar-refractivity contribution in [2.75, 3.05) is 6.54 Å². The van der Waals surface area contributed by atoms with Crippen molar-refractivity contribution < 1.29 is 14.7 Å². The lowest BCUT2D eigenvalue weighted by Gasteiger charge is -2.34. The summed E-state index contributed by atoms with van der Waals surface area (Å²) < 4.78 is 0. The van der Waals surface area contributed by atoms with Crippen molar-refractivity contribution in [3.8, 4) is 0 Å². The maximum atomic E-state index is 12.4. The average Bonchev–Trinajstić information content (AvgIpc) is 2.90. The van der Waals surface area contributed by atoms with Gasteiger partial charge in [0.2, 0.25) is 5.91 Å². The summed E-state index contributed by atoms with van der Waals surface area (Å²) in [5.74, 6) is -1.06. The smallest absolute Gasteiger partial charge is 0.326 e. The van der Waals surface area contributed by atoms with E-state index in [0.717, 1.165) is 12.8 Å². The Balaban J connectivity index is 2.02. The first kappa shape index (κ1) is 14.1. The molecule has 0 aromatic carbocycles. The zero-order valence-corrected chi connectivity index (χ0v) is 11.9. The summed E-state index contributed by atoms with van der Waals surface area (Å²) in [7, 11) is 0. The highest BCUT2D eigenvalue weighted by Crippen LogP contribution is 2.22. The molecule has 0 saturated carbocycles. The Morgan fingerprint density at radius 3 is 2.95 bits per heavy atom. The summed E-state index contributed by atoms with van der Waals surface area (Å²) in [5.41, 5.74) is 0. The first-order valence-corrected chi connectivity index (χ1v) is 7.53. The quantitative estimate of drug-likeness (QED) is 0.922. The summed E-state index contributed by atoms with van der Waals surface area (Å²) in [4.78, 5) is 26.4. The van der Waals surface area contributed by atoms with Gasteiger partial charge in [0.05, 0.1) is 0 Å².